The Morgan fingerprint density at radius 2 is 1.94 bits per heavy atom. The second-order valence-corrected chi connectivity index (χ2v) is 2.72. The van der Waals surface area contributed by atoms with Crippen molar-refractivity contribution in [1.82, 2.24) is 10.1 Å². The second-order valence-electron chi connectivity index (χ2n) is 2.72. The van der Waals surface area contributed by atoms with Crippen LogP contribution in [-0.4, -0.2) is 16.1 Å². The van der Waals surface area contributed by atoms with E-state index < -0.39 is 17.7 Å². The minimum absolute atomic E-state index is 0. The van der Waals surface area contributed by atoms with Gasteiger partial charge in [0.25, 0.3) is 5.89 Å². The van der Waals surface area contributed by atoms with Crippen LogP contribution < -0.4 is 24.0 Å². The summed E-state index contributed by atoms with van der Waals surface area (Å²) in [5.41, 5.74) is 0.465. The van der Waals surface area contributed by atoms with Crippen LogP contribution in [0.25, 0.3) is 11.4 Å². The van der Waals surface area contributed by atoms with Crippen LogP contribution in [0.3, 0.4) is 0 Å². The number of benzene rings is 1. The van der Waals surface area contributed by atoms with Gasteiger partial charge in [0.2, 0.25) is 5.82 Å². The molecule has 0 N–H and O–H groups in total. The van der Waals surface area contributed by atoms with E-state index in [1.807, 2.05) is 0 Å². The molecule has 0 fully saturated rings. The summed E-state index contributed by atoms with van der Waals surface area (Å²) in [4.78, 5) is 13.9. The number of aromatic nitrogens is 2. The van der Waals surface area contributed by atoms with E-state index in [0.29, 0.717) is 5.56 Å². The fourth-order valence-corrected chi connectivity index (χ4v) is 1.02. The third kappa shape index (κ3) is 2.48. The van der Waals surface area contributed by atoms with E-state index in [1.165, 1.54) is 24.3 Å². The fraction of sp³-hybridized carbons (Fsp3) is 0. The van der Waals surface area contributed by atoms with Gasteiger partial charge in [0.05, 0.1) is 0 Å². The molecule has 0 unspecified atom stereocenters. The largest absolute Gasteiger partial charge is 1.00 e. The number of hydrogen-bond acceptors (Lipinski definition) is 5. The van der Waals surface area contributed by atoms with Crippen molar-refractivity contribution in [2.24, 2.45) is 0 Å². The van der Waals surface area contributed by atoms with Crippen molar-refractivity contribution in [2.75, 3.05) is 0 Å². The van der Waals surface area contributed by atoms with E-state index in [-0.39, 0.29) is 24.7 Å². The van der Waals surface area contributed by atoms with Crippen LogP contribution in [0.5, 0.6) is 0 Å². The number of carboxylic acid groups (broad SMARTS) is 1. The van der Waals surface area contributed by atoms with Crippen molar-refractivity contribution in [3.05, 3.63) is 36.0 Å². The first-order valence-corrected chi connectivity index (χ1v) is 3.98. The van der Waals surface area contributed by atoms with Crippen LogP contribution in [0, 0.1) is 5.82 Å². The summed E-state index contributed by atoms with van der Waals surface area (Å²) in [6.45, 7) is 0. The SMILES string of the molecule is O=C([O-])c1nc(-c2ccc(F)cc2)no1.[Li+]. The molecule has 0 aliphatic carbocycles. The quantitative estimate of drug-likeness (QED) is 0.506. The summed E-state index contributed by atoms with van der Waals surface area (Å²) in [6, 6.07) is 5.26. The van der Waals surface area contributed by atoms with Crippen LogP contribution in [-0.2, 0) is 0 Å². The standard InChI is InChI=1S/C9H5FN2O3.Li/c10-6-3-1-5(2-4-6)7-11-8(9(13)14)15-12-7;/h1-4H,(H,13,14);/q;+1/p-1. The molecule has 2 aromatic rings. The topological polar surface area (TPSA) is 79.0 Å². The maximum Gasteiger partial charge on any atom is 1.00 e. The smallest absolute Gasteiger partial charge is 0.540 e. The van der Waals surface area contributed by atoms with Crippen molar-refractivity contribution < 1.29 is 37.7 Å². The van der Waals surface area contributed by atoms with Crippen LogP contribution in [0.15, 0.2) is 28.8 Å². The van der Waals surface area contributed by atoms with Crippen molar-refractivity contribution >= 4 is 5.97 Å². The molecular formula is C9H4FLiN2O3. The van der Waals surface area contributed by atoms with Gasteiger partial charge in [-0.05, 0) is 24.3 Å². The molecule has 2 rings (SSSR count). The number of nitrogens with zero attached hydrogens (tertiary/aromatic N) is 2. The summed E-state index contributed by atoms with van der Waals surface area (Å²) >= 11 is 0. The summed E-state index contributed by atoms with van der Waals surface area (Å²) < 4.78 is 17.0. The first kappa shape index (κ1) is 12.4. The van der Waals surface area contributed by atoms with Crippen molar-refractivity contribution in [2.45, 2.75) is 0 Å². The summed E-state index contributed by atoms with van der Waals surface area (Å²) in [5.74, 6) is -2.47. The summed E-state index contributed by atoms with van der Waals surface area (Å²) in [5, 5.41) is 13.7. The Labute approximate surface area is 101 Å². The molecular weight excluding hydrogens is 210 g/mol. The molecule has 1 aromatic carbocycles. The van der Waals surface area contributed by atoms with E-state index >= 15 is 0 Å². The number of rotatable bonds is 2. The molecule has 7 heteroatoms. The van der Waals surface area contributed by atoms with Gasteiger partial charge in [-0.3, -0.25) is 0 Å². The number of halogens is 1. The zero-order chi connectivity index (χ0) is 10.8. The van der Waals surface area contributed by atoms with Crippen molar-refractivity contribution in [3.8, 4) is 11.4 Å². The first-order chi connectivity index (χ1) is 7.16. The Morgan fingerprint density at radius 1 is 1.31 bits per heavy atom. The van der Waals surface area contributed by atoms with Gasteiger partial charge in [-0.1, -0.05) is 5.16 Å². The Balaban J connectivity index is 0.00000128. The van der Waals surface area contributed by atoms with Gasteiger partial charge in [-0.25, -0.2) is 4.39 Å². The summed E-state index contributed by atoms with van der Waals surface area (Å²) in [6.07, 6.45) is 0. The van der Waals surface area contributed by atoms with Crippen molar-refractivity contribution in [3.63, 3.8) is 0 Å². The molecule has 0 bridgehead atoms. The number of carbonyl (C=O) groups excluding carboxylic acids is 1. The Kier molecular flexibility index (Phi) is 3.82. The fourth-order valence-electron chi connectivity index (χ4n) is 1.02. The van der Waals surface area contributed by atoms with Gasteiger partial charge in [-0.15, -0.1) is 0 Å². The molecule has 16 heavy (non-hydrogen) atoms. The second kappa shape index (κ2) is 4.92. The van der Waals surface area contributed by atoms with Gasteiger partial charge < -0.3 is 14.4 Å². The predicted octanol–water partition coefficient (Wildman–Crippen LogP) is -2.76. The number of aromatic carboxylic acids is 1. The maximum absolute atomic E-state index is 12.6. The van der Waals surface area contributed by atoms with Gasteiger partial charge in [0, 0.05) is 5.56 Å². The molecule has 0 spiro atoms. The van der Waals surface area contributed by atoms with Gasteiger partial charge in [0.15, 0.2) is 0 Å². The zero-order valence-electron chi connectivity index (χ0n) is 8.31. The van der Waals surface area contributed by atoms with Crippen LogP contribution in [0.2, 0.25) is 0 Å². The van der Waals surface area contributed by atoms with Crippen LogP contribution in [0.4, 0.5) is 4.39 Å². The molecule has 1 heterocycles. The average Bonchev–Trinajstić information content (AvgIpc) is 2.68. The average molecular weight is 214 g/mol. The molecule has 0 saturated heterocycles. The Morgan fingerprint density at radius 3 is 2.44 bits per heavy atom. The molecule has 0 atom stereocenters. The van der Waals surface area contributed by atoms with Crippen LogP contribution >= 0.6 is 0 Å². The van der Waals surface area contributed by atoms with Gasteiger partial charge in [0.1, 0.15) is 11.8 Å². The molecule has 76 valence electrons. The normalized spacial score (nSPS) is 9.56. The van der Waals surface area contributed by atoms with Gasteiger partial charge >= 0.3 is 18.9 Å². The van der Waals surface area contributed by atoms with E-state index in [2.05, 4.69) is 14.7 Å². The molecule has 1 aromatic heterocycles. The zero-order valence-corrected chi connectivity index (χ0v) is 8.31. The third-order valence-electron chi connectivity index (χ3n) is 1.70. The minimum Gasteiger partial charge on any atom is -0.540 e. The van der Waals surface area contributed by atoms with E-state index in [4.69, 9.17) is 0 Å². The summed E-state index contributed by atoms with van der Waals surface area (Å²) in [7, 11) is 0. The monoisotopic (exact) mass is 214 g/mol. The Bertz CT molecular complexity index is 498. The van der Waals surface area contributed by atoms with Crippen LogP contribution in [0.1, 0.15) is 10.7 Å². The van der Waals surface area contributed by atoms with E-state index in [0.717, 1.165) is 0 Å². The van der Waals surface area contributed by atoms with Crippen molar-refractivity contribution in [1.29, 1.82) is 0 Å². The van der Waals surface area contributed by atoms with Gasteiger partial charge in [-0.2, -0.15) is 4.98 Å². The third-order valence-corrected chi connectivity index (χ3v) is 1.70. The molecule has 0 aliphatic rings. The first-order valence-electron chi connectivity index (χ1n) is 3.98. The molecule has 0 aliphatic heterocycles. The molecule has 0 radical (unpaired) electrons. The molecule has 5 nitrogen and oxygen atoms in total. The predicted molar refractivity (Wildman–Crippen MR) is 44.0 cm³/mol. The molecule has 0 saturated carbocycles. The number of hydrogen-bond donors (Lipinski definition) is 0. The maximum atomic E-state index is 12.6. The number of carbonyl (C=O) groups is 1. The minimum atomic E-state index is -1.55. The Hall–Kier alpha value is -1.64. The number of carboxylic acids is 1. The van der Waals surface area contributed by atoms with E-state index in [9.17, 15) is 14.3 Å². The van der Waals surface area contributed by atoms with E-state index in [1.54, 1.807) is 0 Å². The molecule has 0 amide bonds.